The molecule has 0 bridgehead atoms. The first kappa shape index (κ1) is 31.4. The van der Waals surface area contributed by atoms with Crippen molar-refractivity contribution < 1.29 is 37.1 Å². The van der Waals surface area contributed by atoms with Crippen molar-refractivity contribution in [3.05, 3.63) is 76.7 Å². The van der Waals surface area contributed by atoms with E-state index in [1.54, 1.807) is 37.5 Å². The Bertz CT molecular complexity index is 1790. The van der Waals surface area contributed by atoms with Gasteiger partial charge >= 0.3 is 6.18 Å². The maximum Gasteiger partial charge on any atom is 0.446 e. The van der Waals surface area contributed by atoms with E-state index in [0.29, 0.717) is 32.3 Å². The van der Waals surface area contributed by atoms with Gasteiger partial charge in [0.15, 0.2) is 11.5 Å². The van der Waals surface area contributed by atoms with Gasteiger partial charge < -0.3 is 14.8 Å². The number of nitrogens with one attached hydrogen (secondary N) is 2. The number of hydrogen-bond acceptors (Lipinski definition) is 7. The highest BCUT2D eigenvalue weighted by molar-refractivity contribution is 6.34. The molecule has 1 amide bonds. The quantitative estimate of drug-likeness (QED) is 0.128. The summed E-state index contributed by atoms with van der Waals surface area (Å²) in [5, 5.41) is 20.1. The molecule has 0 aliphatic carbocycles. The number of hydrogen-bond donors (Lipinski definition) is 3. The Morgan fingerprint density at radius 3 is 2.28 bits per heavy atom. The van der Waals surface area contributed by atoms with Crippen molar-refractivity contribution in [2.24, 2.45) is 0 Å². The first-order valence-corrected chi connectivity index (χ1v) is 13.2. The maximum atomic E-state index is 12.6. The Hall–Kier alpha value is -4.52. The number of halogens is 5. The number of aliphatic hydroxyl groups is 1. The lowest BCUT2D eigenvalue weighted by Gasteiger charge is -2.12. The number of alkyl halides is 3. The second kappa shape index (κ2) is 13.2. The number of H-pyrrole nitrogens is 1. The smallest absolute Gasteiger partial charge is 0.432 e. The third kappa shape index (κ3) is 7.28. The van der Waals surface area contributed by atoms with Gasteiger partial charge in [-0.25, -0.2) is 4.98 Å². The van der Waals surface area contributed by atoms with Crippen LogP contribution >= 0.6 is 23.2 Å². The molecule has 9 nitrogen and oxygen atoms in total. The van der Waals surface area contributed by atoms with Gasteiger partial charge in [-0.15, -0.1) is 0 Å². The molecule has 0 aliphatic rings. The minimum Gasteiger partial charge on any atom is -0.432 e. The molecule has 0 fully saturated rings. The highest BCUT2D eigenvalue weighted by Crippen LogP contribution is 2.41. The molecule has 0 saturated heterocycles. The van der Waals surface area contributed by atoms with Crippen molar-refractivity contribution in [2.75, 3.05) is 11.9 Å². The molecule has 3 N–H and O–H groups in total. The van der Waals surface area contributed by atoms with Crippen molar-refractivity contribution in [2.45, 2.75) is 19.5 Å². The summed E-state index contributed by atoms with van der Waals surface area (Å²) in [5.74, 6) is -1.03. The van der Waals surface area contributed by atoms with Gasteiger partial charge in [0.25, 0.3) is 0 Å². The molecule has 3 aromatic heterocycles. The van der Waals surface area contributed by atoms with Crippen molar-refractivity contribution in [1.29, 1.82) is 0 Å². The predicted octanol–water partition coefficient (Wildman–Crippen LogP) is 7.13. The fraction of sp³-hybridized carbons (Fsp3) is 0.138. The first-order chi connectivity index (χ1) is 20.4. The Morgan fingerprint density at radius 2 is 1.72 bits per heavy atom. The molecule has 5 rings (SSSR count). The number of aromatic amines is 1. The molecule has 0 atom stereocenters. The Morgan fingerprint density at radius 1 is 1.05 bits per heavy atom. The number of furan rings is 1. The summed E-state index contributed by atoms with van der Waals surface area (Å²) in [6.45, 7) is 0.938. The second-order valence-corrected chi connectivity index (χ2v) is 9.72. The Labute approximate surface area is 251 Å². The number of carbonyl (C=O) groups excluding carboxylic acids is 3. The number of anilines is 1. The summed E-state index contributed by atoms with van der Waals surface area (Å²) in [6, 6.07) is 14.6. The molecular weight excluding hydrogens is 612 g/mol. The Balaban J connectivity index is 0.000000641. The number of nitrogens with zero attached hydrogens (tertiary/aromatic N) is 2. The van der Waals surface area contributed by atoms with Crippen LogP contribution in [0.3, 0.4) is 0 Å². The van der Waals surface area contributed by atoms with Crippen molar-refractivity contribution in [1.82, 2.24) is 15.2 Å². The molecule has 2 aromatic carbocycles. The lowest BCUT2D eigenvalue weighted by molar-refractivity contribution is -0.156. The van der Waals surface area contributed by atoms with E-state index in [1.165, 1.54) is 0 Å². The number of Topliss-reactive ketones (excluding diaryl/α,β-unsaturated/α-hetero) is 1. The molecule has 0 unspecified atom stereocenters. The zero-order chi connectivity index (χ0) is 31.3. The van der Waals surface area contributed by atoms with Crippen LogP contribution < -0.4 is 5.32 Å². The third-order valence-electron chi connectivity index (χ3n) is 6.01. The minimum absolute atomic E-state index is 0.0348. The average molecular weight is 633 g/mol. The molecule has 3 heterocycles. The molecular formula is C29H21Cl2F3N4O5. The van der Waals surface area contributed by atoms with Crippen molar-refractivity contribution in [3.8, 4) is 33.5 Å². The van der Waals surface area contributed by atoms with E-state index >= 15 is 0 Å². The van der Waals surface area contributed by atoms with Gasteiger partial charge in [0.05, 0.1) is 22.3 Å². The lowest BCUT2D eigenvalue weighted by atomic mass is 9.96. The fourth-order valence-corrected chi connectivity index (χ4v) is 4.43. The van der Waals surface area contributed by atoms with E-state index in [0.717, 1.165) is 16.7 Å². The summed E-state index contributed by atoms with van der Waals surface area (Å²) in [6.07, 6.45) is -2.08. The van der Waals surface area contributed by atoms with Crippen LogP contribution in [0.4, 0.5) is 18.9 Å². The van der Waals surface area contributed by atoms with Gasteiger partial charge in [0.2, 0.25) is 17.9 Å². The van der Waals surface area contributed by atoms with Crippen molar-refractivity contribution >= 4 is 58.0 Å². The largest absolute Gasteiger partial charge is 0.446 e. The predicted molar refractivity (Wildman–Crippen MR) is 155 cm³/mol. The maximum absolute atomic E-state index is 12.6. The number of ketones is 1. The summed E-state index contributed by atoms with van der Waals surface area (Å²) in [4.78, 5) is 38.2. The van der Waals surface area contributed by atoms with Gasteiger partial charge in [-0.1, -0.05) is 54.4 Å². The summed E-state index contributed by atoms with van der Waals surface area (Å²) < 4.78 is 37.1. The van der Waals surface area contributed by atoms with Gasteiger partial charge in [-0.3, -0.25) is 19.5 Å². The van der Waals surface area contributed by atoms with Crippen LogP contribution in [-0.4, -0.2) is 51.0 Å². The van der Waals surface area contributed by atoms with Crippen LogP contribution in [0.5, 0.6) is 0 Å². The zero-order valence-corrected chi connectivity index (χ0v) is 23.6. The molecule has 5 aromatic rings. The third-order valence-corrected chi connectivity index (χ3v) is 6.57. The number of pyridine rings is 1. The number of carbonyl (C=O) groups is 3. The zero-order valence-electron chi connectivity index (χ0n) is 22.1. The molecule has 0 spiro atoms. The molecule has 0 saturated carbocycles. The molecule has 222 valence electrons. The number of rotatable bonds is 7. The number of aldehydes is 1. The summed E-state index contributed by atoms with van der Waals surface area (Å²) in [5.41, 5.74) is 4.69. The summed E-state index contributed by atoms with van der Waals surface area (Å²) >= 11 is 12.9. The van der Waals surface area contributed by atoms with Crippen LogP contribution in [0.1, 0.15) is 23.9 Å². The van der Waals surface area contributed by atoms with Crippen LogP contribution in [0.25, 0.3) is 44.6 Å². The van der Waals surface area contributed by atoms with Gasteiger partial charge in [0.1, 0.15) is 12.3 Å². The van der Waals surface area contributed by atoms with E-state index in [-0.39, 0.29) is 29.4 Å². The first-order valence-electron chi connectivity index (χ1n) is 12.4. The van der Waals surface area contributed by atoms with Crippen LogP contribution in [0.15, 0.2) is 65.3 Å². The number of aromatic nitrogens is 3. The van der Waals surface area contributed by atoms with Gasteiger partial charge in [0, 0.05) is 34.3 Å². The van der Waals surface area contributed by atoms with E-state index in [9.17, 15) is 27.9 Å². The fourth-order valence-electron chi connectivity index (χ4n) is 4.03. The molecule has 14 heteroatoms. The van der Waals surface area contributed by atoms with E-state index < -0.39 is 25.0 Å². The average Bonchev–Trinajstić information content (AvgIpc) is 3.65. The number of fused-ring (bicyclic) bond motifs is 1. The number of amides is 1. The van der Waals surface area contributed by atoms with E-state index in [1.807, 2.05) is 30.3 Å². The molecule has 0 aliphatic heterocycles. The number of aliphatic hydroxyl groups excluding tert-OH is 1. The van der Waals surface area contributed by atoms with E-state index in [2.05, 4.69) is 15.5 Å². The van der Waals surface area contributed by atoms with Gasteiger partial charge in [-0.2, -0.15) is 18.3 Å². The number of benzene rings is 2. The monoisotopic (exact) mass is 632 g/mol. The topological polar surface area (TPSA) is 138 Å². The van der Waals surface area contributed by atoms with Gasteiger partial charge in [-0.05, 0) is 35.4 Å². The highest BCUT2D eigenvalue weighted by atomic mass is 35.5. The Kier molecular flexibility index (Phi) is 9.64. The van der Waals surface area contributed by atoms with E-state index in [4.69, 9.17) is 37.4 Å². The van der Waals surface area contributed by atoms with Crippen LogP contribution in [0, 0.1) is 0 Å². The molecule has 43 heavy (non-hydrogen) atoms. The standard InChI is InChI=1S/C27H20Cl2N4O4.C2HF3O/c1-2-22(35)26-25(32-23(36)13-34)20-10-19(14-3-6-17(28)7-4-14)24(33-27(20)37-26)18-8-5-15(9-21(18)29)16-11-30-31-12-16;3-2(4,5)1-6/h3-12,34H,2,13H2,1H3,(H,30,31)(H,32,36);1H. The van der Waals surface area contributed by atoms with Crippen LogP contribution in [-0.2, 0) is 9.59 Å². The lowest BCUT2D eigenvalue weighted by Crippen LogP contribution is -2.17. The van der Waals surface area contributed by atoms with Crippen molar-refractivity contribution in [3.63, 3.8) is 0 Å². The minimum atomic E-state index is -4.64. The van der Waals surface area contributed by atoms with Crippen LogP contribution in [0.2, 0.25) is 10.0 Å². The highest BCUT2D eigenvalue weighted by Gasteiger charge is 2.26. The normalized spacial score (nSPS) is 11.1. The second-order valence-electron chi connectivity index (χ2n) is 8.87. The summed E-state index contributed by atoms with van der Waals surface area (Å²) in [7, 11) is 0. The molecule has 0 radical (unpaired) electrons. The SMILES string of the molecule is CCC(=O)c1oc2nc(-c3ccc(-c4cn[nH]c4)cc3Cl)c(-c3ccc(Cl)cc3)cc2c1NC(=O)CO.O=CC(F)(F)F.